The van der Waals surface area contributed by atoms with E-state index in [2.05, 4.69) is 11.1 Å². The minimum Gasteiger partial charge on any atom is -0.253 e. The van der Waals surface area contributed by atoms with Crippen molar-refractivity contribution >= 4 is 34.3 Å². The van der Waals surface area contributed by atoms with Crippen molar-refractivity contribution < 1.29 is 0 Å². The molecule has 0 atom stereocenters. The molecule has 0 aliphatic heterocycles. The summed E-state index contributed by atoms with van der Waals surface area (Å²) in [5.41, 5.74) is 1.88. The summed E-state index contributed by atoms with van der Waals surface area (Å²) in [5, 5.41) is 10.3. The second-order valence-corrected chi connectivity index (χ2v) is 4.82. The lowest BCUT2D eigenvalue weighted by molar-refractivity contribution is 1.22. The molecule has 80 valence electrons. The van der Waals surface area contributed by atoms with Crippen LogP contribution in [-0.4, -0.2) is 10.7 Å². The second-order valence-electron chi connectivity index (χ2n) is 3.37. The maximum absolute atomic E-state index is 8.61. The summed E-state index contributed by atoms with van der Waals surface area (Å²) in [7, 11) is 0. The topological polar surface area (TPSA) is 36.7 Å². The van der Waals surface area contributed by atoms with Gasteiger partial charge in [0.15, 0.2) is 0 Å². The van der Waals surface area contributed by atoms with Gasteiger partial charge in [-0.25, -0.2) is 0 Å². The Hall–Kier alpha value is -1.24. The minimum atomic E-state index is 0.436. The molecule has 0 spiro atoms. The number of nitrogens with zero attached hydrogens (tertiary/aromatic N) is 2. The number of aryl methyl sites for hydroxylation is 1. The predicted octanol–water partition coefficient (Wildman–Crippen LogP) is 3.81. The third-order valence-corrected chi connectivity index (χ3v) is 3.31. The first kappa shape index (κ1) is 11.3. The van der Waals surface area contributed by atoms with Crippen molar-refractivity contribution in [3.63, 3.8) is 0 Å². The van der Waals surface area contributed by atoms with Gasteiger partial charge in [0.25, 0.3) is 0 Å². The van der Waals surface area contributed by atoms with Gasteiger partial charge in [0, 0.05) is 21.0 Å². The van der Waals surface area contributed by atoms with E-state index in [0.717, 1.165) is 21.5 Å². The van der Waals surface area contributed by atoms with Gasteiger partial charge in [-0.1, -0.05) is 11.6 Å². The summed E-state index contributed by atoms with van der Waals surface area (Å²) in [5.74, 6) is 0.436. The highest BCUT2D eigenvalue weighted by atomic mass is 35.5. The highest BCUT2D eigenvalue weighted by Crippen LogP contribution is 2.29. The molecule has 0 unspecified atom stereocenters. The van der Waals surface area contributed by atoms with Crippen LogP contribution in [0.1, 0.15) is 5.69 Å². The highest BCUT2D eigenvalue weighted by molar-refractivity contribution is 7.99. The predicted molar refractivity (Wildman–Crippen MR) is 67.8 cm³/mol. The molecular formula is C12H9ClN2S. The molecule has 0 fully saturated rings. The van der Waals surface area contributed by atoms with Crippen molar-refractivity contribution in [2.24, 2.45) is 0 Å². The van der Waals surface area contributed by atoms with E-state index in [1.54, 1.807) is 0 Å². The Morgan fingerprint density at radius 1 is 1.44 bits per heavy atom. The van der Waals surface area contributed by atoms with Crippen molar-refractivity contribution in [2.75, 3.05) is 5.75 Å². The number of hydrogen-bond donors (Lipinski definition) is 0. The van der Waals surface area contributed by atoms with Crippen LogP contribution in [0.5, 0.6) is 0 Å². The van der Waals surface area contributed by atoms with Gasteiger partial charge in [-0.2, -0.15) is 5.26 Å². The molecule has 0 N–H and O–H groups in total. The molecule has 0 aliphatic carbocycles. The van der Waals surface area contributed by atoms with Gasteiger partial charge in [0.1, 0.15) is 0 Å². The lowest BCUT2D eigenvalue weighted by atomic mass is 10.2. The largest absolute Gasteiger partial charge is 0.253 e. The van der Waals surface area contributed by atoms with Crippen molar-refractivity contribution in [2.45, 2.75) is 11.8 Å². The van der Waals surface area contributed by atoms with E-state index in [-0.39, 0.29) is 0 Å². The van der Waals surface area contributed by atoms with Crippen LogP contribution >= 0.6 is 23.4 Å². The fraction of sp³-hybridized carbons (Fsp3) is 0.167. The van der Waals surface area contributed by atoms with E-state index in [0.29, 0.717) is 10.8 Å². The number of fused-ring (bicyclic) bond motifs is 1. The fourth-order valence-electron chi connectivity index (χ4n) is 1.52. The van der Waals surface area contributed by atoms with Crippen LogP contribution in [0, 0.1) is 18.3 Å². The maximum atomic E-state index is 8.61. The molecule has 2 aromatic rings. The van der Waals surface area contributed by atoms with Gasteiger partial charge in [-0.05, 0) is 31.2 Å². The smallest absolute Gasteiger partial charge is 0.0855 e. The monoisotopic (exact) mass is 248 g/mol. The number of aromatic nitrogens is 1. The standard InChI is InChI=1S/C12H9ClN2S/c1-8-6-12(16-5-4-14)10-7-9(13)2-3-11(10)15-8/h2-3,6-7H,5H2,1H3. The Bertz CT molecular complexity index is 575. The molecule has 4 heteroatoms. The summed E-state index contributed by atoms with van der Waals surface area (Å²) >= 11 is 7.48. The van der Waals surface area contributed by atoms with Crippen LogP contribution in [0.3, 0.4) is 0 Å². The van der Waals surface area contributed by atoms with E-state index in [4.69, 9.17) is 16.9 Å². The van der Waals surface area contributed by atoms with E-state index in [1.807, 2.05) is 31.2 Å². The maximum Gasteiger partial charge on any atom is 0.0855 e. The summed E-state index contributed by atoms with van der Waals surface area (Å²) in [4.78, 5) is 5.49. The van der Waals surface area contributed by atoms with Crippen LogP contribution in [0.2, 0.25) is 5.02 Å². The van der Waals surface area contributed by atoms with E-state index in [1.165, 1.54) is 11.8 Å². The van der Waals surface area contributed by atoms with E-state index in [9.17, 15) is 0 Å². The van der Waals surface area contributed by atoms with E-state index < -0.39 is 0 Å². The lowest BCUT2D eigenvalue weighted by Crippen LogP contribution is -1.87. The molecule has 1 heterocycles. The summed E-state index contributed by atoms with van der Waals surface area (Å²) in [6.07, 6.45) is 0. The first-order valence-corrected chi connectivity index (χ1v) is 6.14. The number of thioether (sulfide) groups is 1. The molecule has 0 saturated heterocycles. The first-order valence-electron chi connectivity index (χ1n) is 4.77. The third kappa shape index (κ3) is 2.29. The quantitative estimate of drug-likeness (QED) is 0.759. The average molecular weight is 249 g/mol. The Kier molecular flexibility index (Phi) is 3.33. The molecule has 0 bridgehead atoms. The number of benzene rings is 1. The average Bonchev–Trinajstić information content (AvgIpc) is 2.26. The number of rotatable bonds is 2. The van der Waals surface area contributed by atoms with Crippen LogP contribution in [-0.2, 0) is 0 Å². The molecule has 1 aromatic carbocycles. The normalized spacial score (nSPS) is 10.3. The van der Waals surface area contributed by atoms with Crippen molar-refractivity contribution in [3.05, 3.63) is 35.0 Å². The summed E-state index contributed by atoms with van der Waals surface area (Å²) < 4.78 is 0. The molecular weight excluding hydrogens is 240 g/mol. The zero-order valence-corrected chi connectivity index (χ0v) is 10.3. The highest BCUT2D eigenvalue weighted by Gasteiger charge is 2.05. The van der Waals surface area contributed by atoms with E-state index >= 15 is 0 Å². The molecule has 2 rings (SSSR count). The van der Waals surface area contributed by atoms with Crippen LogP contribution in [0.25, 0.3) is 10.9 Å². The Labute approximate surface area is 103 Å². The number of nitriles is 1. The van der Waals surface area contributed by atoms with Gasteiger partial charge in [0.2, 0.25) is 0 Å². The van der Waals surface area contributed by atoms with Crippen molar-refractivity contribution in [1.82, 2.24) is 4.98 Å². The molecule has 16 heavy (non-hydrogen) atoms. The molecule has 0 saturated carbocycles. The second kappa shape index (κ2) is 4.73. The SMILES string of the molecule is Cc1cc(SCC#N)c2cc(Cl)ccc2n1. The molecule has 0 radical (unpaired) electrons. The fourth-order valence-corrected chi connectivity index (χ4v) is 2.49. The zero-order valence-electron chi connectivity index (χ0n) is 8.70. The van der Waals surface area contributed by atoms with Gasteiger partial charge in [-0.15, -0.1) is 11.8 Å². The third-order valence-electron chi connectivity index (χ3n) is 2.15. The first-order chi connectivity index (χ1) is 7.70. The van der Waals surface area contributed by atoms with Crippen molar-refractivity contribution in [1.29, 1.82) is 5.26 Å². The summed E-state index contributed by atoms with van der Waals surface area (Å²) in [6.45, 7) is 1.95. The molecule has 2 nitrogen and oxygen atoms in total. The molecule has 1 aromatic heterocycles. The van der Waals surface area contributed by atoms with Crippen LogP contribution < -0.4 is 0 Å². The van der Waals surface area contributed by atoms with Gasteiger partial charge in [-0.3, -0.25) is 4.98 Å². The minimum absolute atomic E-state index is 0.436. The Morgan fingerprint density at radius 3 is 3.00 bits per heavy atom. The van der Waals surface area contributed by atoms with Crippen LogP contribution in [0.15, 0.2) is 29.2 Å². The van der Waals surface area contributed by atoms with Gasteiger partial charge < -0.3 is 0 Å². The number of hydrogen-bond acceptors (Lipinski definition) is 3. The van der Waals surface area contributed by atoms with Gasteiger partial charge >= 0.3 is 0 Å². The number of pyridine rings is 1. The van der Waals surface area contributed by atoms with Crippen molar-refractivity contribution in [3.8, 4) is 6.07 Å². The summed E-state index contributed by atoms with van der Waals surface area (Å²) in [6, 6.07) is 9.74. The Morgan fingerprint density at radius 2 is 2.25 bits per heavy atom. The van der Waals surface area contributed by atoms with Crippen LogP contribution in [0.4, 0.5) is 0 Å². The molecule has 0 amide bonds. The van der Waals surface area contributed by atoms with Gasteiger partial charge in [0.05, 0.1) is 17.3 Å². The number of halogens is 1. The lowest BCUT2D eigenvalue weighted by Gasteiger charge is -2.06. The molecule has 0 aliphatic rings. The Balaban J connectivity index is 2.61. The zero-order chi connectivity index (χ0) is 11.5.